The van der Waals surface area contributed by atoms with Crippen molar-refractivity contribution in [2.45, 2.75) is 12.5 Å². The summed E-state index contributed by atoms with van der Waals surface area (Å²) < 4.78 is 5.59. The third kappa shape index (κ3) is 6.79. The monoisotopic (exact) mass is 394 g/mol. The number of carbonyl (C=O) groups is 1. The molecule has 28 heavy (non-hydrogen) atoms. The van der Waals surface area contributed by atoms with Crippen molar-refractivity contribution in [2.75, 3.05) is 44.2 Å². The fraction of sp³-hybridized carbons (Fsp3) is 0.381. The molecule has 7 heteroatoms. The van der Waals surface area contributed by atoms with E-state index in [1.807, 2.05) is 42.5 Å². The Labute approximate surface area is 188 Å². The number of piperazine rings is 1. The van der Waals surface area contributed by atoms with Crippen LogP contribution in [0.2, 0.25) is 0 Å². The van der Waals surface area contributed by atoms with Gasteiger partial charge in [-0.1, -0.05) is 18.2 Å². The van der Waals surface area contributed by atoms with Gasteiger partial charge in [0, 0.05) is 38.4 Å². The molecule has 0 radical (unpaired) electrons. The molecule has 1 heterocycles. The Morgan fingerprint density at radius 3 is 2.25 bits per heavy atom. The van der Waals surface area contributed by atoms with Crippen molar-refractivity contribution < 1.29 is 19.7 Å². The Morgan fingerprint density at radius 1 is 1.00 bits per heavy atom. The third-order valence-corrected chi connectivity index (χ3v) is 4.82. The summed E-state index contributed by atoms with van der Waals surface area (Å²) in [7, 11) is 0. The molecule has 0 saturated carbocycles. The third-order valence-electron chi connectivity index (χ3n) is 4.82. The van der Waals surface area contributed by atoms with Crippen LogP contribution in [0.25, 0.3) is 0 Å². The first-order valence-electron chi connectivity index (χ1n) is 9.28. The number of hydrogen-bond donors (Lipinski definition) is 2. The summed E-state index contributed by atoms with van der Waals surface area (Å²) in [5, 5.41) is 19.1. The van der Waals surface area contributed by atoms with E-state index in [9.17, 15) is 9.90 Å². The molecule has 0 amide bonds. The fourth-order valence-corrected chi connectivity index (χ4v) is 3.17. The maximum atomic E-state index is 10.9. The van der Waals surface area contributed by atoms with Crippen LogP contribution in [0.4, 0.5) is 5.69 Å². The van der Waals surface area contributed by atoms with Crippen LogP contribution in [-0.4, -0.2) is 96.1 Å². The summed E-state index contributed by atoms with van der Waals surface area (Å²) >= 11 is 0. The Balaban J connectivity index is 0.00000280. The van der Waals surface area contributed by atoms with Gasteiger partial charge in [0.15, 0.2) is 0 Å². The molecular formula is C21H27N2NaO4. The van der Waals surface area contributed by atoms with Crippen LogP contribution in [0.1, 0.15) is 16.8 Å². The van der Waals surface area contributed by atoms with Gasteiger partial charge in [0.05, 0.1) is 11.7 Å². The molecule has 0 spiro atoms. The Hall–Kier alpha value is -1.57. The second kappa shape index (κ2) is 11.4. The summed E-state index contributed by atoms with van der Waals surface area (Å²) in [4.78, 5) is 15.5. The number of nitrogens with zero attached hydrogens (tertiary/aromatic N) is 2. The first kappa shape index (κ1) is 22.7. The van der Waals surface area contributed by atoms with E-state index >= 15 is 0 Å². The van der Waals surface area contributed by atoms with E-state index in [1.54, 1.807) is 12.1 Å². The number of anilines is 1. The summed E-state index contributed by atoms with van der Waals surface area (Å²) in [5.74, 6) is -0.125. The van der Waals surface area contributed by atoms with Gasteiger partial charge < -0.3 is 19.8 Å². The summed E-state index contributed by atoms with van der Waals surface area (Å²) in [6, 6.07) is 16.5. The first-order valence-corrected chi connectivity index (χ1v) is 9.28. The van der Waals surface area contributed by atoms with Crippen LogP contribution < -0.4 is 9.64 Å². The molecule has 146 valence electrons. The second-order valence-electron chi connectivity index (χ2n) is 6.75. The van der Waals surface area contributed by atoms with Gasteiger partial charge in [0.2, 0.25) is 0 Å². The van der Waals surface area contributed by atoms with E-state index in [2.05, 4.69) is 9.80 Å². The zero-order chi connectivity index (χ0) is 19.1. The quantitative estimate of drug-likeness (QED) is 0.664. The predicted molar refractivity (Wildman–Crippen MR) is 112 cm³/mol. The molecule has 0 aromatic heterocycles. The van der Waals surface area contributed by atoms with Crippen molar-refractivity contribution in [1.82, 2.24) is 4.90 Å². The molecule has 1 atom stereocenters. The number of carboxylic acids is 1. The second-order valence-corrected chi connectivity index (χ2v) is 6.75. The number of aliphatic hydroxyl groups is 1. The molecule has 6 nitrogen and oxygen atoms in total. The number of carboxylic acid groups (broad SMARTS) is 1. The van der Waals surface area contributed by atoms with Crippen molar-refractivity contribution in [2.24, 2.45) is 0 Å². The molecule has 0 bridgehead atoms. The van der Waals surface area contributed by atoms with Crippen LogP contribution >= 0.6 is 0 Å². The van der Waals surface area contributed by atoms with E-state index in [0.29, 0.717) is 18.6 Å². The maximum absolute atomic E-state index is 10.9. The van der Waals surface area contributed by atoms with Crippen LogP contribution in [-0.2, 0) is 0 Å². The van der Waals surface area contributed by atoms with Gasteiger partial charge in [-0.05, 0) is 42.8 Å². The number of benzene rings is 2. The molecule has 2 aromatic carbocycles. The molecule has 1 saturated heterocycles. The minimum atomic E-state index is -0.902. The van der Waals surface area contributed by atoms with Gasteiger partial charge in [-0.25, -0.2) is 4.79 Å². The van der Waals surface area contributed by atoms with Gasteiger partial charge in [0.25, 0.3) is 0 Å². The standard InChI is InChI=1S/C21H26N2O4.Na.H/c24-19(16-27-20-4-2-1-3-5-20)10-11-22-12-14-23(15-13-22)18-8-6-17(7-9-18)21(25)26;;/h1-9,19,24H,10-16H2,(H,25,26);;. The van der Waals surface area contributed by atoms with Crippen LogP contribution in [0.15, 0.2) is 54.6 Å². The van der Waals surface area contributed by atoms with Crippen molar-refractivity contribution in [3.63, 3.8) is 0 Å². The SMILES string of the molecule is O=C(O)c1ccc(N2CCN(CCC(O)COc3ccccc3)CC2)cc1.[NaH]. The van der Waals surface area contributed by atoms with E-state index in [-0.39, 0.29) is 29.6 Å². The van der Waals surface area contributed by atoms with Gasteiger partial charge in [-0.2, -0.15) is 0 Å². The van der Waals surface area contributed by atoms with Gasteiger partial charge in [-0.3, -0.25) is 4.90 Å². The topological polar surface area (TPSA) is 73.2 Å². The number of aromatic carboxylic acids is 1. The molecule has 1 aliphatic rings. The van der Waals surface area contributed by atoms with Crippen molar-refractivity contribution >= 4 is 41.2 Å². The Bertz CT molecular complexity index is 719. The van der Waals surface area contributed by atoms with E-state index in [4.69, 9.17) is 9.84 Å². The number of ether oxygens (including phenoxy) is 1. The van der Waals surface area contributed by atoms with Crippen LogP contribution in [0.5, 0.6) is 5.75 Å². The van der Waals surface area contributed by atoms with Crippen LogP contribution in [0, 0.1) is 0 Å². The Morgan fingerprint density at radius 2 is 1.64 bits per heavy atom. The molecule has 1 unspecified atom stereocenters. The van der Waals surface area contributed by atoms with Gasteiger partial charge in [-0.15, -0.1) is 0 Å². The van der Waals surface area contributed by atoms with E-state index in [0.717, 1.165) is 44.2 Å². The van der Waals surface area contributed by atoms with E-state index in [1.165, 1.54) is 0 Å². The van der Waals surface area contributed by atoms with Crippen molar-refractivity contribution in [3.8, 4) is 5.75 Å². The number of hydrogen-bond acceptors (Lipinski definition) is 5. The van der Waals surface area contributed by atoms with Gasteiger partial charge >= 0.3 is 35.5 Å². The number of rotatable bonds is 8. The minimum absolute atomic E-state index is 0. The summed E-state index contributed by atoms with van der Waals surface area (Å²) in [6.07, 6.45) is 0.201. The predicted octanol–water partition coefficient (Wildman–Crippen LogP) is 1.69. The molecule has 1 fully saturated rings. The summed E-state index contributed by atoms with van der Waals surface area (Å²) in [6.45, 7) is 4.77. The van der Waals surface area contributed by atoms with Gasteiger partial charge in [0.1, 0.15) is 12.4 Å². The average Bonchev–Trinajstić information content (AvgIpc) is 2.72. The molecule has 3 rings (SSSR count). The normalized spacial score (nSPS) is 15.5. The van der Waals surface area contributed by atoms with Crippen molar-refractivity contribution in [3.05, 3.63) is 60.2 Å². The van der Waals surface area contributed by atoms with Crippen molar-refractivity contribution in [1.29, 1.82) is 0 Å². The zero-order valence-corrected chi connectivity index (χ0v) is 15.3. The van der Waals surface area contributed by atoms with Crippen LogP contribution in [0.3, 0.4) is 0 Å². The molecule has 0 aliphatic carbocycles. The zero-order valence-electron chi connectivity index (χ0n) is 15.3. The number of para-hydroxylation sites is 1. The molecule has 1 aliphatic heterocycles. The molecular weight excluding hydrogens is 367 g/mol. The summed E-state index contributed by atoms with van der Waals surface area (Å²) in [5.41, 5.74) is 1.36. The fourth-order valence-electron chi connectivity index (χ4n) is 3.17. The van der Waals surface area contributed by atoms with E-state index < -0.39 is 12.1 Å². The Kier molecular flexibility index (Phi) is 9.28. The molecule has 2 aromatic rings. The molecule has 2 N–H and O–H groups in total. The average molecular weight is 394 g/mol. The first-order chi connectivity index (χ1) is 13.1. The number of aliphatic hydroxyl groups excluding tert-OH is 1.